The Balaban J connectivity index is 1.79. The van der Waals surface area contributed by atoms with Crippen LogP contribution < -0.4 is 15.6 Å². The van der Waals surface area contributed by atoms with E-state index in [0.717, 1.165) is 24.3 Å². The van der Waals surface area contributed by atoms with E-state index in [0.29, 0.717) is 0 Å². The zero-order valence-corrected chi connectivity index (χ0v) is 15.0. The van der Waals surface area contributed by atoms with Crippen molar-refractivity contribution in [3.63, 3.8) is 0 Å². The highest BCUT2D eigenvalue weighted by Gasteiger charge is 2.32. The van der Waals surface area contributed by atoms with Gasteiger partial charge in [0.05, 0.1) is 5.56 Å². The van der Waals surface area contributed by atoms with Gasteiger partial charge in [0.1, 0.15) is 5.82 Å². The van der Waals surface area contributed by atoms with E-state index in [1.54, 1.807) is 0 Å². The number of H-pyrrole nitrogens is 1. The summed E-state index contributed by atoms with van der Waals surface area (Å²) in [5.74, 6) is -3.67. The number of hydrogen-bond donors (Lipinski definition) is 2. The fourth-order valence-corrected chi connectivity index (χ4v) is 2.64. The van der Waals surface area contributed by atoms with Crippen LogP contribution in [0.3, 0.4) is 0 Å². The fraction of sp³-hybridized carbons (Fsp3) is 0.100. The number of carbonyl (C=O) groups is 1. The summed E-state index contributed by atoms with van der Waals surface area (Å²) in [6.45, 7) is -0.213. The van der Waals surface area contributed by atoms with E-state index in [2.05, 4.69) is 15.0 Å². The second-order valence-corrected chi connectivity index (χ2v) is 6.10. The molecule has 0 saturated carbocycles. The third-order valence-corrected chi connectivity index (χ3v) is 4.03. The minimum Gasteiger partial charge on any atom is -0.403 e. The van der Waals surface area contributed by atoms with Gasteiger partial charge in [0, 0.05) is 29.9 Å². The van der Waals surface area contributed by atoms with Gasteiger partial charge in [-0.25, -0.2) is 8.78 Å². The number of aromatic nitrogens is 1. The molecule has 2 aromatic carbocycles. The van der Waals surface area contributed by atoms with Gasteiger partial charge in [0.2, 0.25) is 5.56 Å². The van der Waals surface area contributed by atoms with Gasteiger partial charge in [-0.1, -0.05) is 24.3 Å². The molecule has 5 nitrogen and oxygen atoms in total. The van der Waals surface area contributed by atoms with Crippen LogP contribution >= 0.6 is 0 Å². The number of carbonyl (C=O) groups excluding carboxylic acids is 1. The van der Waals surface area contributed by atoms with Crippen LogP contribution in [-0.4, -0.2) is 17.3 Å². The van der Waals surface area contributed by atoms with Crippen molar-refractivity contribution < 1.29 is 31.5 Å². The second-order valence-electron chi connectivity index (χ2n) is 6.10. The predicted molar refractivity (Wildman–Crippen MR) is 96.7 cm³/mol. The lowest BCUT2D eigenvalue weighted by Gasteiger charge is -2.12. The molecule has 30 heavy (non-hydrogen) atoms. The predicted octanol–water partition coefficient (Wildman–Crippen LogP) is 4.15. The maximum absolute atomic E-state index is 14.8. The molecule has 0 aliphatic carbocycles. The molecule has 0 saturated heterocycles. The van der Waals surface area contributed by atoms with Gasteiger partial charge in [0.15, 0.2) is 11.6 Å². The third-order valence-electron chi connectivity index (χ3n) is 4.03. The number of halogens is 5. The lowest BCUT2D eigenvalue weighted by Crippen LogP contribution is -2.24. The minimum atomic E-state index is -5.06. The highest BCUT2D eigenvalue weighted by molar-refractivity contribution is 5.93. The van der Waals surface area contributed by atoms with Crippen LogP contribution in [0, 0.1) is 11.6 Å². The number of ether oxygens (including phenoxy) is 1. The SMILES string of the molecule is O=C(NCc1cccc(-c2ccc(OC(F)(F)F)c(F)c2)c1F)c1ccc(=O)[nH]c1. The average molecular weight is 424 g/mol. The van der Waals surface area contributed by atoms with Gasteiger partial charge in [-0.05, 0) is 23.8 Å². The van der Waals surface area contributed by atoms with Crippen molar-refractivity contribution in [3.05, 3.63) is 87.8 Å². The summed E-state index contributed by atoms with van der Waals surface area (Å²) in [7, 11) is 0. The van der Waals surface area contributed by atoms with Crippen molar-refractivity contribution in [2.24, 2.45) is 0 Å². The Labute approximate surface area is 166 Å². The molecule has 0 fully saturated rings. The van der Waals surface area contributed by atoms with Gasteiger partial charge in [-0.2, -0.15) is 0 Å². The number of rotatable bonds is 5. The molecule has 0 radical (unpaired) electrons. The highest BCUT2D eigenvalue weighted by atomic mass is 19.4. The summed E-state index contributed by atoms with van der Waals surface area (Å²) in [5.41, 5.74) is -0.226. The van der Waals surface area contributed by atoms with Crippen LogP contribution in [0.25, 0.3) is 11.1 Å². The Morgan fingerprint density at radius 2 is 1.83 bits per heavy atom. The lowest BCUT2D eigenvalue weighted by atomic mass is 10.0. The minimum absolute atomic E-state index is 0.00617. The van der Waals surface area contributed by atoms with Crippen molar-refractivity contribution in [1.29, 1.82) is 0 Å². The Morgan fingerprint density at radius 1 is 1.07 bits per heavy atom. The lowest BCUT2D eigenvalue weighted by molar-refractivity contribution is -0.275. The van der Waals surface area contributed by atoms with E-state index < -0.39 is 29.7 Å². The number of hydrogen-bond acceptors (Lipinski definition) is 3. The number of nitrogens with one attached hydrogen (secondary N) is 2. The van der Waals surface area contributed by atoms with E-state index in [-0.39, 0.29) is 34.4 Å². The van der Waals surface area contributed by atoms with Crippen LogP contribution in [0.5, 0.6) is 5.75 Å². The molecular formula is C20H13F5N2O3. The molecule has 0 spiro atoms. The first-order valence-electron chi connectivity index (χ1n) is 8.44. The molecule has 0 aliphatic rings. The van der Waals surface area contributed by atoms with Gasteiger partial charge >= 0.3 is 6.36 Å². The van der Waals surface area contributed by atoms with Gasteiger partial charge in [-0.3, -0.25) is 9.59 Å². The number of alkyl halides is 3. The highest BCUT2D eigenvalue weighted by Crippen LogP contribution is 2.31. The number of benzene rings is 2. The molecule has 10 heteroatoms. The summed E-state index contributed by atoms with van der Waals surface area (Å²) in [6, 6.07) is 9.20. The number of pyridine rings is 1. The molecule has 1 amide bonds. The van der Waals surface area contributed by atoms with Gasteiger partial charge in [-0.15, -0.1) is 13.2 Å². The molecule has 1 aromatic heterocycles. The summed E-state index contributed by atoms with van der Waals surface area (Å²) in [4.78, 5) is 25.4. The Kier molecular flexibility index (Phi) is 5.86. The molecule has 0 unspecified atom stereocenters. The monoisotopic (exact) mass is 424 g/mol. The topological polar surface area (TPSA) is 71.2 Å². The van der Waals surface area contributed by atoms with E-state index >= 15 is 0 Å². The molecule has 2 N–H and O–H groups in total. The molecule has 0 atom stereocenters. The van der Waals surface area contributed by atoms with Gasteiger partial charge in [0.25, 0.3) is 5.91 Å². The van der Waals surface area contributed by atoms with Crippen LogP contribution in [0.2, 0.25) is 0 Å². The first-order valence-corrected chi connectivity index (χ1v) is 8.44. The van der Waals surface area contributed by atoms with Crippen LogP contribution in [0.1, 0.15) is 15.9 Å². The average Bonchev–Trinajstić information content (AvgIpc) is 2.68. The van der Waals surface area contributed by atoms with Gasteiger partial charge < -0.3 is 15.0 Å². The molecule has 156 valence electrons. The van der Waals surface area contributed by atoms with E-state index in [4.69, 9.17) is 0 Å². The Bertz CT molecular complexity index is 1120. The van der Waals surface area contributed by atoms with Crippen LogP contribution in [0.15, 0.2) is 59.5 Å². The number of amides is 1. The zero-order chi connectivity index (χ0) is 21.9. The van der Waals surface area contributed by atoms with E-state index in [1.165, 1.54) is 30.5 Å². The van der Waals surface area contributed by atoms with Crippen molar-refractivity contribution in [1.82, 2.24) is 10.3 Å². The maximum Gasteiger partial charge on any atom is 0.573 e. The summed E-state index contributed by atoms with van der Waals surface area (Å²) in [5, 5.41) is 2.48. The van der Waals surface area contributed by atoms with Crippen molar-refractivity contribution in [2.45, 2.75) is 12.9 Å². The van der Waals surface area contributed by atoms with Crippen LogP contribution in [-0.2, 0) is 6.54 Å². The Morgan fingerprint density at radius 3 is 2.47 bits per heavy atom. The zero-order valence-electron chi connectivity index (χ0n) is 15.0. The first-order chi connectivity index (χ1) is 14.1. The third kappa shape index (κ3) is 5.02. The standard InChI is InChI=1S/C20H13F5N2O3/c21-15-8-11(4-6-16(15)30-20(23,24)25)14-3-1-2-12(18(14)22)9-27-19(29)13-5-7-17(28)26-10-13/h1-8,10H,9H2,(H,26,28)(H,27,29). The molecule has 1 heterocycles. The summed E-state index contributed by atoms with van der Waals surface area (Å²) < 4.78 is 69.1. The summed E-state index contributed by atoms with van der Waals surface area (Å²) >= 11 is 0. The van der Waals surface area contributed by atoms with Crippen LogP contribution in [0.4, 0.5) is 22.0 Å². The van der Waals surface area contributed by atoms with E-state index in [9.17, 15) is 31.5 Å². The maximum atomic E-state index is 14.8. The fourth-order valence-electron chi connectivity index (χ4n) is 2.64. The Hall–Kier alpha value is -3.69. The second kappa shape index (κ2) is 8.36. The number of aromatic amines is 1. The molecule has 0 aliphatic heterocycles. The van der Waals surface area contributed by atoms with E-state index in [1.807, 2.05) is 0 Å². The normalized spacial score (nSPS) is 11.2. The largest absolute Gasteiger partial charge is 0.573 e. The quantitative estimate of drug-likeness (QED) is 0.605. The molecule has 3 rings (SSSR count). The first kappa shape index (κ1) is 21.0. The summed E-state index contributed by atoms with van der Waals surface area (Å²) in [6.07, 6.45) is -3.85. The van der Waals surface area contributed by atoms with Crippen molar-refractivity contribution >= 4 is 5.91 Å². The molecule has 3 aromatic rings. The van der Waals surface area contributed by atoms with Crippen molar-refractivity contribution in [2.75, 3.05) is 0 Å². The molecule has 0 bridgehead atoms. The smallest absolute Gasteiger partial charge is 0.403 e. The molecular weight excluding hydrogens is 411 g/mol. The van der Waals surface area contributed by atoms with Crippen molar-refractivity contribution in [3.8, 4) is 16.9 Å².